The Bertz CT molecular complexity index is 1130. The van der Waals surface area contributed by atoms with E-state index in [4.69, 9.17) is 0 Å². The van der Waals surface area contributed by atoms with Gasteiger partial charge in [0.2, 0.25) is 15.8 Å². The molecule has 28 heavy (non-hydrogen) atoms. The monoisotopic (exact) mass is 396 g/mol. The number of anilines is 1. The van der Waals surface area contributed by atoms with E-state index >= 15 is 0 Å². The fourth-order valence-electron chi connectivity index (χ4n) is 3.39. The minimum atomic E-state index is -3.29. The van der Waals surface area contributed by atoms with Gasteiger partial charge in [0.15, 0.2) is 0 Å². The number of ketones is 1. The Morgan fingerprint density at radius 1 is 1.00 bits per heavy atom. The summed E-state index contributed by atoms with van der Waals surface area (Å²) in [6, 6.07) is 16.9. The van der Waals surface area contributed by atoms with Gasteiger partial charge < -0.3 is 4.57 Å². The number of hydrogen-bond acceptors (Lipinski definition) is 3. The summed E-state index contributed by atoms with van der Waals surface area (Å²) in [7, 11) is -1.38. The lowest BCUT2D eigenvalue weighted by Crippen LogP contribution is -2.12. The van der Waals surface area contributed by atoms with Crippen molar-refractivity contribution in [2.24, 2.45) is 7.05 Å². The molecule has 146 valence electrons. The first-order chi connectivity index (χ1) is 13.2. The number of aryl methyl sites for hydroxylation is 2. The molecule has 0 saturated carbocycles. The fraction of sp³-hybridized carbons (Fsp3) is 0.227. The lowest BCUT2D eigenvalue weighted by molar-refractivity contribution is 0.103. The average Bonchev–Trinajstić information content (AvgIpc) is 2.89. The summed E-state index contributed by atoms with van der Waals surface area (Å²) in [5.74, 6) is 0.0250. The van der Waals surface area contributed by atoms with Crippen LogP contribution in [0.25, 0.3) is 0 Å². The summed E-state index contributed by atoms with van der Waals surface area (Å²) in [5, 5.41) is 0. The maximum absolute atomic E-state index is 13.1. The van der Waals surface area contributed by atoms with Crippen LogP contribution in [-0.4, -0.2) is 25.0 Å². The van der Waals surface area contributed by atoms with Gasteiger partial charge in [0.1, 0.15) is 0 Å². The summed E-state index contributed by atoms with van der Waals surface area (Å²) >= 11 is 0. The molecule has 0 unspecified atom stereocenters. The summed E-state index contributed by atoms with van der Waals surface area (Å²) in [4.78, 5) is 13.1. The fourth-order valence-corrected chi connectivity index (χ4v) is 3.96. The number of rotatable bonds is 6. The van der Waals surface area contributed by atoms with Crippen LogP contribution in [0.3, 0.4) is 0 Å². The second-order valence-corrected chi connectivity index (χ2v) is 8.87. The molecule has 0 spiro atoms. The summed E-state index contributed by atoms with van der Waals surface area (Å²) in [6.45, 7) is 3.90. The van der Waals surface area contributed by atoms with Crippen molar-refractivity contribution in [2.45, 2.75) is 20.3 Å². The Hall–Kier alpha value is -2.86. The van der Waals surface area contributed by atoms with Crippen molar-refractivity contribution >= 4 is 21.5 Å². The molecule has 1 aromatic heterocycles. The SMILES string of the molecule is Cc1ccccc1C(=O)c1c(C)cc(Cc2ccc(NS(C)(=O)=O)cc2)n1C. The maximum Gasteiger partial charge on any atom is 0.229 e. The van der Waals surface area contributed by atoms with Crippen LogP contribution in [0.15, 0.2) is 54.6 Å². The Balaban J connectivity index is 1.86. The molecule has 5 nitrogen and oxygen atoms in total. The summed E-state index contributed by atoms with van der Waals surface area (Å²) in [5.41, 5.74) is 5.91. The number of benzene rings is 2. The van der Waals surface area contributed by atoms with Crippen molar-refractivity contribution in [1.29, 1.82) is 0 Å². The van der Waals surface area contributed by atoms with Crippen LogP contribution in [0.4, 0.5) is 5.69 Å². The Morgan fingerprint density at radius 2 is 1.64 bits per heavy atom. The quantitative estimate of drug-likeness (QED) is 0.644. The van der Waals surface area contributed by atoms with Gasteiger partial charge in [0, 0.05) is 30.4 Å². The topological polar surface area (TPSA) is 68.2 Å². The first-order valence-electron chi connectivity index (χ1n) is 8.98. The molecule has 0 aliphatic heterocycles. The van der Waals surface area contributed by atoms with Crippen LogP contribution >= 0.6 is 0 Å². The molecule has 0 saturated heterocycles. The molecule has 2 aromatic carbocycles. The number of carbonyl (C=O) groups is 1. The standard InChI is InChI=1S/C22H24N2O3S/c1-15-7-5-6-8-20(15)22(25)21-16(2)13-19(24(21)3)14-17-9-11-18(12-10-17)23-28(4,26)27/h5-13,23H,14H2,1-4H3. The van der Waals surface area contributed by atoms with E-state index in [0.29, 0.717) is 17.8 Å². The number of nitrogens with zero attached hydrogens (tertiary/aromatic N) is 1. The average molecular weight is 397 g/mol. The third kappa shape index (κ3) is 4.34. The van der Waals surface area contributed by atoms with Gasteiger partial charge in [0.05, 0.1) is 11.9 Å². The van der Waals surface area contributed by atoms with Crippen molar-refractivity contribution < 1.29 is 13.2 Å². The third-order valence-corrected chi connectivity index (χ3v) is 5.38. The van der Waals surface area contributed by atoms with E-state index in [1.807, 2.05) is 67.9 Å². The molecule has 3 rings (SSSR count). The van der Waals surface area contributed by atoms with Crippen molar-refractivity contribution in [2.75, 3.05) is 11.0 Å². The van der Waals surface area contributed by atoms with Gasteiger partial charge in [-0.15, -0.1) is 0 Å². The van der Waals surface area contributed by atoms with Gasteiger partial charge >= 0.3 is 0 Å². The second-order valence-electron chi connectivity index (χ2n) is 7.12. The Labute approximate surface area is 166 Å². The number of aromatic nitrogens is 1. The van der Waals surface area contributed by atoms with Gasteiger partial charge in [-0.3, -0.25) is 9.52 Å². The molecular formula is C22H24N2O3S. The first-order valence-corrected chi connectivity index (χ1v) is 10.9. The number of sulfonamides is 1. The number of carbonyl (C=O) groups excluding carboxylic acids is 1. The second kappa shape index (κ2) is 7.64. The molecule has 1 heterocycles. The van der Waals surface area contributed by atoms with Crippen molar-refractivity contribution in [3.63, 3.8) is 0 Å². The van der Waals surface area contributed by atoms with Crippen molar-refractivity contribution in [3.05, 3.63) is 88.2 Å². The third-order valence-electron chi connectivity index (χ3n) is 4.77. The molecule has 0 aliphatic rings. The van der Waals surface area contributed by atoms with Crippen molar-refractivity contribution in [1.82, 2.24) is 4.57 Å². The zero-order valence-corrected chi connectivity index (χ0v) is 17.3. The predicted molar refractivity (Wildman–Crippen MR) is 112 cm³/mol. The van der Waals surface area contributed by atoms with E-state index in [2.05, 4.69) is 4.72 Å². The van der Waals surface area contributed by atoms with Gasteiger partial charge in [-0.25, -0.2) is 8.42 Å². The maximum atomic E-state index is 13.1. The zero-order chi connectivity index (χ0) is 20.5. The van der Waals surface area contributed by atoms with Crippen LogP contribution in [0.2, 0.25) is 0 Å². The van der Waals surface area contributed by atoms with Crippen molar-refractivity contribution in [3.8, 4) is 0 Å². The minimum absolute atomic E-state index is 0.0250. The van der Waals surface area contributed by atoms with Crippen LogP contribution in [0.5, 0.6) is 0 Å². The summed E-state index contributed by atoms with van der Waals surface area (Å²) < 4.78 is 27.0. The number of hydrogen-bond donors (Lipinski definition) is 1. The van der Waals surface area contributed by atoms with E-state index in [0.717, 1.165) is 34.2 Å². The molecule has 0 atom stereocenters. The smallest absolute Gasteiger partial charge is 0.229 e. The van der Waals surface area contributed by atoms with E-state index < -0.39 is 10.0 Å². The molecule has 0 radical (unpaired) electrons. The normalized spacial score (nSPS) is 11.4. The van der Waals surface area contributed by atoms with Crippen LogP contribution in [-0.2, 0) is 23.5 Å². The molecule has 0 fully saturated rings. The molecule has 6 heteroatoms. The van der Waals surface area contributed by atoms with E-state index in [-0.39, 0.29) is 5.78 Å². The van der Waals surface area contributed by atoms with Gasteiger partial charge in [-0.05, 0) is 48.7 Å². The highest BCUT2D eigenvalue weighted by Crippen LogP contribution is 2.22. The highest BCUT2D eigenvalue weighted by molar-refractivity contribution is 7.92. The first kappa shape index (κ1) is 19.9. The Morgan fingerprint density at radius 3 is 2.25 bits per heavy atom. The Kier molecular flexibility index (Phi) is 5.42. The molecule has 0 bridgehead atoms. The molecule has 0 aliphatic carbocycles. The summed E-state index contributed by atoms with van der Waals surface area (Å²) in [6.07, 6.45) is 1.78. The lowest BCUT2D eigenvalue weighted by atomic mass is 10.0. The van der Waals surface area contributed by atoms with Crippen LogP contribution in [0.1, 0.15) is 38.4 Å². The van der Waals surface area contributed by atoms with Crippen LogP contribution < -0.4 is 4.72 Å². The van der Waals surface area contributed by atoms with Gasteiger partial charge in [-0.2, -0.15) is 0 Å². The van der Waals surface area contributed by atoms with Crippen LogP contribution in [0, 0.1) is 13.8 Å². The molecular weight excluding hydrogens is 372 g/mol. The highest BCUT2D eigenvalue weighted by atomic mass is 32.2. The van der Waals surface area contributed by atoms with E-state index in [1.54, 1.807) is 12.1 Å². The predicted octanol–water partition coefficient (Wildman–Crippen LogP) is 3.84. The van der Waals surface area contributed by atoms with E-state index in [1.165, 1.54) is 0 Å². The number of nitrogens with one attached hydrogen (secondary N) is 1. The minimum Gasteiger partial charge on any atom is -0.344 e. The molecule has 0 amide bonds. The molecule has 3 aromatic rings. The largest absolute Gasteiger partial charge is 0.344 e. The van der Waals surface area contributed by atoms with Gasteiger partial charge in [0.25, 0.3) is 0 Å². The lowest BCUT2D eigenvalue weighted by Gasteiger charge is -2.10. The highest BCUT2D eigenvalue weighted by Gasteiger charge is 2.19. The van der Waals surface area contributed by atoms with Gasteiger partial charge in [-0.1, -0.05) is 36.4 Å². The zero-order valence-electron chi connectivity index (χ0n) is 16.5. The molecule has 1 N–H and O–H groups in total. The van der Waals surface area contributed by atoms with E-state index in [9.17, 15) is 13.2 Å².